The Labute approximate surface area is 189 Å². The van der Waals surface area contributed by atoms with Crippen molar-refractivity contribution >= 4 is 17.2 Å². The average Bonchev–Trinajstić information content (AvgIpc) is 3.35. The van der Waals surface area contributed by atoms with Crippen molar-refractivity contribution in [2.24, 2.45) is 5.92 Å². The molecule has 2 unspecified atom stereocenters. The van der Waals surface area contributed by atoms with Crippen LogP contribution in [0.15, 0.2) is 60.2 Å². The summed E-state index contributed by atoms with van der Waals surface area (Å²) in [5.41, 5.74) is 5.12. The number of amides is 1. The Morgan fingerprint density at radius 2 is 1.97 bits per heavy atom. The first-order chi connectivity index (χ1) is 15.0. The first-order valence-electron chi connectivity index (χ1n) is 11.0. The number of hydrogen-bond donors (Lipinski definition) is 0. The molecule has 0 radical (unpaired) electrons. The highest BCUT2D eigenvalue weighted by Gasteiger charge is 2.35. The number of pyridine rings is 1. The zero-order valence-corrected chi connectivity index (χ0v) is 19.4. The van der Waals surface area contributed by atoms with Crippen molar-refractivity contribution < 1.29 is 4.79 Å². The summed E-state index contributed by atoms with van der Waals surface area (Å²) < 4.78 is 0. The highest BCUT2D eigenvalue weighted by Crippen LogP contribution is 2.35. The number of aromatic nitrogens is 1. The van der Waals surface area contributed by atoms with E-state index in [9.17, 15) is 4.79 Å². The lowest BCUT2D eigenvalue weighted by Crippen LogP contribution is -2.35. The number of thiophene rings is 1. The van der Waals surface area contributed by atoms with Crippen LogP contribution in [0.3, 0.4) is 0 Å². The fraction of sp³-hybridized carbons (Fsp3) is 0.385. The number of carbonyl (C=O) groups is 1. The van der Waals surface area contributed by atoms with Crippen LogP contribution in [0.25, 0.3) is 0 Å². The number of likely N-dealkylation sites (tertiary alicyclic amines) is 1. The molecular formula is C26H31N3OS. The molecule has 0 aliphatic carbocycles. The summed E-state index contributed by atoms with van der Waals surface area (Å²) in [5, 5.41) is 2.18. The Kier molecular flexibility index (Phi) is 6.83. The van der Waals surface area contributed by atoms with Gasteiger partial charge in [0.1, 0.15) is 0 Å². The van der Waals surface area contributed by atoms with Gasteiger partial charge in [-0.2, -0.15) is 0 Å². The van der Waals surface area contributed by atoms with Gasteiger partial charge in [-0.3, -0.25) is 14.7 Å². The Hall–Kier alpha value is -2.50. The van der Waals surface area contributed by atoms with Gasteiger partial charge >= 0.3 is 0 Å². The van der Waals surface area contributed by atoms with E-state index in [1.165, 1.54) is 21.6 Å². The fourth-order valence-electron chi connectivity index (χ4n) is 4.53. The van der Waals surface area contributed by atoms with E-state index >= 15 is 0 Å². The number of nitrogens with zero attached hydrogens (tertiary/aromatic N) is 3. The quantitative estimate of drug-likeness (QED) is 0.525. The minimum atomic E-state index is 0.124. The van der Waals surface area contributed by atoms with Crippen molar-refractivity contribution in [3.63, 3.8) is 0 Å². The molecule has 3 heterocycles. The van der Waals surface area contributed by atoms with Crippen LogP contribution in [0.5, 0.6) is 0 Å². The summed E-state index contributed by atoms with van der Waals surface area (Å²) in [6.45, 7) is 10.4. The van der Waals surface area contributed by atoms with Crippen molar-refractivity contribution in [2.75, 3.05) is 19.6 Å². The molecule has 1 saturated heterocycles. The molecule has 0 N–H and O–H groups in total. The zero-order valence-electron chi connectivity index (χ0n) is 18.6. The molecule has 1 aliphatic rings. The lowest BCUT2D eigenvalue weighted by atomic mass is 9.88. The first kappa shape index (κ1) is 21.7. The van der Waals surface area contributed by atoms with Crippen LogP contribution in [0, 0.1) is 19.8 Å². The van der Waals surface area contributed by atoms with Gasteiger partial charge in [0, 0.05) is 62.8 Å². The topological polar surface area (TPSA) is 36.4 Å². The zero-order chi connectivity index (χ0) is 21.8. The molecular weight excluding hydrogens is 402 g/mol. The van der Waals surface area contributed by atoms with E-state index in [4.69, 9.17) is 0 Å². The highest BCUT2D eigenvalue weighted by atomic mass is 32.1. The van der Waals surface area contributed by atoms with Gasteiger partial charge in [0.15, 0.2) is 0 Å². The Morgan fingerprint density at radius 1 is 1.16 bits per heavy atom. The molecule has 0 bridgehead atoms. The molecule has 4 nitrogen and oxygen atoms in total. The molecule has 162 valence electrons. The van der Waals surface area contributed by atoms with Crippen LogP contribution in [0.1, 0.15) is 40.0 Å². The van der Waals surface area contributed by atoms with Gasteiger partial charge in [-0.05, 0) is 54.0 Å². The summed E-state index contributed by atoms with van der Waals surface area (Å²) in [6.07, 6.45) is 3.63. The molecule has 31 heavy (non-hydrogen) atoms. The monoisotopic (exact) mass is 433 g/mol. The Balaban J connectivity index is 1.54. The SMILES string of the molecule is CC(=O)N(Cc1cccnc1)CC1CN(Cc2sccc2C)CC1c1ccc(C)cc1. The number of aryl methyl sites for hydroxylation is 2. The van der Waals surface area contributed by atoms with Gasteiger partial charge in [-0.15, -0.1) is 11.3 Å². The summed E-state index contributed by atoms with van der Waals surface area (Å²) in [4.78, 5) is 22.7. The van der Waals surface area contributed by atoms with E-state index in [-0.39, 0.29) is 5.91 Å². The highest BCUT2D eigenvalue weighted by molar-refractivity contribution is 7.10. The number of benzene rings is 1. The van der Waals surface area contributed by atoms with E-state index in [1.807, 2.05) is 34.6 Å². The average molecular weight is 434 g/mol. The standard InChI is InChI=1S/C26H31N3OS/c1-19-6-8-23(9-7-19)25-17-28(18-26-20(2)10-12-31-26)15-24(25)16-29(21(3)30)14-22-5-4-11-27-13-22/h4-13,24-25H,14-18H2,1-3H3. The summed E-state index contributed by atoms with van der Waals surface area (Å²) >= 11 is 1.84. The predicted octanol–water partition coefficient (Wildman–Crippen LogP) is 5.02. The molecule has 2 aromatic heterocycles. The van der Waals surface area contributed by atoms with Crippen LogP contribution in [-0.2, 0) is 17.9 Å². The normalized spacial score (nSPS) is 18.9. The molecule has 1 amide bonds. The van der Waals surface area contributed by atoms with Gasteiger partial charge in [-0.25, -0.2) is 0 Å². The third kappa shape index (κ3) is 5.41. The van der Waals surface area contributed by atoms with Crippen molar-refractivity contribution in [2.45, 2.75) is 39.8 Å². The molecule has 4 rings (SSSR count). The van der Waals surface area contributed by atoms with Crippen LogP contribution in [-0.4, -0.2) is 40.3 Å². The minimum absolute atomic E-state index is 0.124. The van der Waals surface area contributed by atoms with Gasteiger partial charge in [-0.1, -0.05) is 35.9 Å². The molecule has 3 aromatic rings. The van der Waals surface area contributed by atoms with Gasteiger partial charge in [0.05, 0.1) is 0 Å². The predicted molar refractivity (Wildman–Crippen MR) is 127 cm³/mol. The van der Waals surface area contributed by atoms with Crippen LogP contribution in [0.2, 0.25) is 0 Å². The van der Waals surface area contributed by atoms with E-state index in [2.05, 4.69) is 59.4 Å². The smallest absolute Gasteiger partial charge is 0.219 e. The molecule has 0 saturated carbocycles. The number of rotatable bonds is 7. The molecule has 1 aromatic carbocycles. The van der Waals surface area contributed by atoms with Crippen LogP contribution >= 0.6 is 11.3 Å². The van der Waals surface area contributed by atoms with Crippen molar-refractivity contribution in [3.05, 3.63) is 87.4 Å². The van der Waals surface area contributed by atoms with Gasteiger partial charge < -0.3 is 4.90 Å². The molecule has 5 heteroatoms. The largest absolute Gasteiger partial charge is 0.338 e. The van der Waals surface area contributed by atoms with Crippen molar-refractivity contribution in [3.8, 4) is 0 Å². The Bertz CT molecular complexity index is 999. The van der Waals surface area contributed by atoms with Crippen LogP contribution < -0.4 is 0 Å². The van der Waals surface area contributed by atoms with Gasteiger partial charge in [0.2, 0.25) is 5.91 Å². The second kappa shape index (κ2) is 9.75. The lowest BCUT2D eigenvalue weighted by molar-refractivity contribution is -0.130. The van der Waals surface area contributed by atoms with Crippen molar-refractivity contribution in [1.29, 1.82) is 0 Å². The maximum absolute atomic E-state index is 12.5. The lowest BCUT2D eigenvalue weighted by Gasteiger charge is -2.28. The van der Waals surface area contributed by atoms with E-state index in [0.29, 0.717) is 18.4 Å². The molecule has 1 fully saturated rings. The number of hydrogen-bond acceptors (Lipinski definition) is 4. The molecule has 0 spiro atoms. The summed E-state index contributed by atoms with van der Waals surface area (Å²) in [6, 6.07) is 15.1. The maximum atomic E-state index is 12.5. The second-order valence-corrected chi connectivity index (χ2v) is 9.76. The van der Waals surface area contributed by atoms with Crippen molar-refractivity contribution in [1.82, 2.24) is 14.8 Å². The maximum Gasteiger partial charge on any atom is 0.219 e. The van der Waals surface area contributed by atoms with E-state index in [0.717, 1.165) is 31.7 Å². The third-order valence-corrected chi connectivity index (χ3v) is 7.36. The fourth-order valence-corrected chi connectivity index (χ4v) is 5.48. The van der Waals surface area contributed by atoms with E-state index in [1.54, 1.807) is 13.1 Å². The van der Waals surface area contributed by atoms with E-state index < -0.39 is 0 Å². The molecule has 1 aliphatic heterocycles. The first-order valence-corrected chi connectivity index (χ1v) is 11.8. The third-order valence-electron chi connectivity index (χ3n) is 6.35. The Morgan fingerprint density at radius 3 is 2.61 bits per heavy atom. The summed E-state index contributed by atoms with van der Waals surface area (Å²) in [7, 11) is 0. The number of carbonyl (C=O) groups excluding carboxylic acids is 1. The van der Waals surface area contributed by atoms with Crippen LogP contribution in [0.4, 0.5) is 0 Å². The minimum Gasteiger partial charge on any atom is -0.338 e. The van der Waals surface area contributed by atoms with Gasteiger partial charge in [0.25, 0.3) is 0 Å². The summed E-state index contributed by atoms with van der Waals surface area (Å²) in [5.74, 6) is 0.958. The molecule has 2 atom stereocenters. The second-order valence-electron chi connectivity index (χ2n) is 8.76.